The van der Waals surface area contributed by atoms with Gasteiger partial charge in [0.05, 0.1) is 0 Å². The standard InChI is InChI=1S/C22H40N4O2/c1-17(2)24-12-14-25(15-13-24)20-8-10-26(11-9-20)21(27)16-18(3)23-22(28)19-6-4-5-7-19/h17-20H,4-16H2,1-3H3,(H,23,28). The van der Waals surface area contributed by atoms with Gasteiger partial charge in [0.2, 0.25) is 11.8 Å². The summed E-state index contributed by atoms with van der Waals surface area (Å²) < 4.78 is 0. The summed E-state index contributed by atoms with van der Waals surface area (Å²) >= 11 is 0. The molecule has 0 aromatic rings. The summed E-state index contributed by atoms with van der Waals surface area (Å²) in [6.45, 7) is 12.9. The van der Waals surface area contributed by atoms with Crippen molar-refractivity contribution in [3.8, 4) is 0 Å². The minimum atomic E-state index is -0.0672. The fourth-order valence-corrected chi connectivity index (χ4v) is 5.09. The molecule has 2 aliphatic heterocycles. The van der Waals surface area contributed by atoms with Crippen LogP contribution in [0.25, 0.3) is 0 Å². The first-order valence-electron chi connectivity index (χ1n) is 11.5. The molecule has 6 heteroatoms. The first kappa shape index (κ1) is 21.6. The van der Waals surface area contributed by atoms with Crippen LogP contribution < -0.4 is 5.32 Å². The lowest BCUT2D eigenvalue weighted by atomic mass is 10.0. The number of carbonyl (C=O) groups is 2. The molecule has 3 aliphatic rings. The summed E-state index contributed by atoms with van der Waals surface area (Å²) in [5.74, 6) is 0.517. The molecular formula is C22H40N4O2. The van der Waals surface area contributed by atoms with Crippen LogP contribution in [0.3, 0.4) is 0 Å². The third kappa shape index (κ3) is 5.69. The first-order chi connectivity index (χ1) is 13.4. The van der Waals surface area contributed by atoms with Crippen molar-refractivity contribution in [3.63, 3.8) is 0 Å². The van der Waals surface area contributed by atoms with Crippen molar-refractivity contribution in [1.29, 1.82) is 0 Å². The smallest absolute Gasteiger partial charge is 0.224 e. The summed E-state index contributed by atoms with van der Waals surface area (Å²) in [7, 11) is 0. The van der Waals surface area contributed by atoms with Crippen molar-refractivity contribution in [1.82, 2.24) is 20.0 Å². The molecule has 0 spiro atoms. The number of hydrogen-bond acceptors (Lipinski definition) is 4. The van der Waals surface area contributed by atoms with E-state index < -0.39 is 0 Å². The first-order valence-corrected chi connectivity index (χ1v) is 11.5. The molecule has 3 rings (SSSR count). The zero-order valence-corrected chi connectivity index (χ0v) is 18.2. The summed E-state index contributed by atoms with van der Waals surface area (Å²) in [6.07, 6.45) is 6.92. The van der Waals surface area contributed by atoms with Crippen molar-refractivity contribution < 1.29 is 9.59 Å². The molecule has 0 radical (unpaired) electrons. The van der Waals surface area contributed by atoms with Crippen molar-refractivity contribution in [2.24, 2.45) is 5.92 Å². The fraction of sp³-hybridized carbons (Fsp3) is 0.909. The van der Waals surface area contributed by atoms with Gasteiger partial charge in [-0.05, 0) is 46.5 Å². The van der Waals surface area contributed by atoms with Gasteiger partial charge in [-0.25, -0.2) is 0 Å². The van der Waals surface area contributed by atoms with Gasteiger partial charge in [0.25, 0.3) is 0 Å². The average Bonchev–Trinajstić information content (AvgIpc) is 3.23. The molecule has 28 heavy (non-hydrogen) atoms. The molecule has 1 saturated carbocycles. The second kappa shape index (κ2) is 10.1. The normalized spacial score (nSPS) is 24.6. The summed E-state index contributed by atoms with van der Waals surface area (Å²) in [4.78, 5) is 32.1. The van der Waals surface area contributed by atoms with Crippen LogP contribution >= 0.6 is 0 Å². The lowest BCUT2D eigenvalue weighted by Crippen LogP contribution is -2.55. The van der Waals surface area contributed by atoms with E-state index in [1.165, 1.54) is 0 Å². The quantitative estimate of drug-likeness (QED) is 0.752. The maximum absolute atomic E-state index is 12.7. The van der Waals surface area contributed by atoms with Crippen LogP contribution in [-0.4, -0.2) is 83.9 Å². The Morgan fingerprint density at radius 3 is 2.07 bits per heavy atom. The highest BCUT2D eigenvalue weighted by molar-refractivity contribution is 5.81. The van der Waals surface area contributed by atoms with Gasteiger partial charge in [-0.3, -0.25) is 19.4 Å². The van der Waals surface area contributed by atoms with Crippen LogP contribution in [-0.2, 0) is 9.59 Å². The molecule has 1 atom stereocenters. The topological polar surface area (TPSA) is 55.9 Å². The van der Waals surface area contributed by atoms with Crippen LogP contribution in [0.1, 0.15) is 65.7 Å². The predicted molar refractivity (Wildman–Crippen MR) is 112 cm³/mol. The number of nitrogens with one attached hydrogen (secondary N) is 1. The van der Waals surface area contributed by atoms with Gasteiger partial charge in [-0.1, -0.05) is 12.8 Å². The monoisotopic (exact) mass is 392 g/mol. The maximum atomic E-state index is 12.7. The number of likely N-dealkylation sites (tertiary alicyclic amines) is 1. The van der Waals surface area contributed by atoms with Crippen LogP contribution in [0.4, 0.5) is 0 Å². The SMILES string of the molecule is CC(CC(=O)N1CCC(N2CCN(C(C)C)CC2)CC1)NC(=O)C1CCCC1. The Bertz CT molecular complexity index is 517. The molecule has 160 valence electrons. The van der Waals surface area contributed by atoms with Crippen molar-refractivity contribution >= 4 is 11.8 Å². The van der Waals surface area contributed by atoms with E-state index in [9.17, 15) is 9.59 Å². The maximum Gasteiger partial charge on any atom is 0.224 e. The van der Waals surface area contributed by atoms with Gasteiger partial charge < -0.3 is 10.2 Å². The van der Waals surface area contributed by atoms with E-state index in [1.54, 1.807) is 0 Å². The molecule has 2 amide bonds. The molecule has 1 aliphatic carbocycles. The Kier molecular flexibility index (Phi) is 7.75. The fourth-order valence-electron chi connectivity index (χ4n) is 5.09. The van der Waals surface area contributed by atoms with E-state index in [4.69, 9.17) is 0 Å². The lowest BCUT2D eigenvalue weighted by Gasteiger charge is -2.43. The number of nitrogens with zero attached hydrogens (tertiary/aromatic N) is 3. The molecule has 0 aromatic heterocycles. The van der Waals surface area contributed by atoms with E-state index in [-0.39, 0.29) is 23.8 Å². The Balaban J connectivity index is 1.36. The second-order valence-corrected chi connectivity index (χ2v) is 9.37. The summed E-state index contributed by atoms with van der Waals surface area (Å²) in [5.41, 5.74) is 0. The van der Waals surface area contributed by atoms with Crippen molar-refractivity contribution in [3.05, 3.63) is 0 Å². The van der Waals surface area contributed by atoms with Gasteiger partial charge in [-0.2, -0.15) is 0 Å². The van der Waals surface area contributed by atoms with Gasteiger partial charge in [0, 0.05) is 69.7 Å². The number of piperidine rings is 1. The number of piperazine rings is 1. The average molecular weight is 393 g/mol. The molecule has 2 heterocycles. The molecule has 0 aromatic carbocycles. The van der Waals surface area contributed by atoms with Crippen molar-refractivity contribution in [2.45, 2.75) is 83.8 Å². The van der Waals surface area contributed by atoms with Crippen LogP contribution in [0.5, 0.6) is 0 Å². The van der Waals surface area contributed by atoms with Crippen LogP contribution in [0.2, 0.25) is 0 Å². The van der Waals surface area contributed by atoms with Crippen LogP contribution in [0, 0.1) is 5.92 Å². The third-order valence-electron chi connectivity index (χ3n) is 7.01. The van der Waals surface area contributed by atoms with Crippen molar-refractivity contribution in [2.75, 3.05) is 39.3 Å². The van der Waals surface area contributed by atoms with Gasteiger partial charge in [-0.15, -0.1) is 0 Å². The minimum Gasteiger partial charge on any atom is -0.353 e. The third-order valence-corrected chi connectivity index (χ3v) is 7.01. The highest BCUT2D eigenvalue weighted by Crippen LogP contribution is 2.25. The Morgan fingerprint density at radius 1 is 0.893 bits per heavy atom. The molecule has 0 bridgehead atoms. The van der Waals surface area contributed by atoms with E-state index >= 15 is 0 Å². The Morgan fingerprint density at radius 2 is 1.50 bits per heavy atom. The Labute approximate surface area is 171 Å². The number of hydrogen-bond donors (Lipinski definition) is 1. The summed E-state index contributed by atoms with van der Waals surface area (Å²) in [6, 6.07) is 1.19. The number of amides is 2. The van der Waals surface area contributed by atoms with E-state index in [1.807, 2.05) is 11.8 Å². The largest absolute Gasteiger partial charge is 0.353 e. The molecule has 1 N–H and O–H groups in total. The highest BCUT2D eigenvalue weighted by Gasteiger charge is 2.30. The molecular weight excluding hydrogens is 352 g/mol. The van der Waals surface area contributed by atoms with Gasteiger partial charge in [0.15, 0.2) is 0 Å². The van der Waals surface area contributed by atoms with Gasteiger partial charge >= 0.3 is 0 Å². The molecule has 6 nitrogen and oxygen atoms in total. The van der Waals surface area contributed by atoms with Gasteiger partial charge in [0.1, 0.15) is 0 Å². The minimum absolute atomic E-state index is 0.0672. The zero-order valence-electron chi connectivity index (χ0n) is 18.2. The van der Waals surface area contributed by atoms with E-state index in [0.29, 0.717) is 18.5 Å². The number of carbonyl (C=O) groups excluding carboxylic acids is 2. The molecule has 1 unspecified atom stereocenters. The molecule has 2 saturated heterocycles. The van der Waals surface area contributed by atoms with Crippen LogP contribution in [0.15, 0.2) is 0 Å². The van der Waals surface area contributed by atoms with E-state index in [2.05, 4.69) is 29.0 Å². The zero-order chi connectivity index (χ0) is 20.1. The highest BCUT2D eigenvalue weighted by atomic mass is 16.2. The van der Waals surface area contributed by atoms with E-state index in [0.717, 1.165) is 77.8 Å². The second-order valence-electron chi connectivity index (χ2n) is 9.37. The lowest BCUT2D eigenvalue weighted by molar-refractivity contribution is -0.133. The summed E-state index contributed by atoms with van der Waals surface area (Å²) in [5, 5.41) is 3.07. The molecule has 3 fully saturated rings. The predicted octanol–water partition coefficient (Wildman–Crippen LogP) is 2.09. The number of rotatable bonds is 6. The Hall–Kier alpha value is -1.14.